The van der Waals surface area contributed by atoms with Crippen LogP contribution in [0.4, 0.5) is 17.2 Å². The lowest BCUT2D eigenvalue weighted by Gasteiger charge is -2.10. The van der Waals surface area contributed by atoms with Gasteiger partial charge in [0.15, 0.2) is 5.76 Å². The Bertz CT molecular complexity index is 1050. The molecule has 0 radical (unpaired) electrons. The molecule has 2 aromatic heterocycles. The van der Waals surface area contributed by atoms with Crippen molar-refractivity contribution < 1.29 is 13.9 Å². The van der Waals surface area contributed by atoms with Gasteiger partial charge in [-0.3, -0.25) is 4.79 Å². The molecule has 144 valence electrons. The van der Waals surface area contributed by atoms with Crippen LogP contribution < -0.4 is 15.4 Å². The maximum atomic E-state index is 12.0. The Hall–Kier alpha value is -4.06. The summed E-state index contributed by atoms with van der Waals surface area (Å²) < 4.78 is 10.9. The van der Waals surface area contributed by atoms with Crippen molar-refractivity contribution in [2.45, 2.75) is 6.61 Å². The average molecular weight is 385 g/mol. The van der Waals surface area contributed by atoms with Crippen molar-refractivity contribution in [3.8, 4) is 5.75 Å². The molecule has 0 aliphatic carbocycles. The molecule has 0 saturated carbocycles. The number of nitrogens with zero attached hydrogens (tertiary/aromatic N) is 1. The van der Waals surface area contributed by atoms with E-state index in [1.807, 2.05) is 60.7 Å². The number of pyridine rings is 1. The summed E-state index contributed by atoms with van der Waals surface area (Å²) >= 11 is 0. The van der Waals surface area contributed by atoms with Crippen molar-refractivity contribution >= 4 is 23.1 Å². The van der Waals surface area contributed by atoms with Crippen molar-refractivity contribution in [1.29, 1.82) is 0 Å². The lowest BCUT2D eigenvalue weighted by Crippen LogP contribution is -2.11. The Kier molecular flexibility index (Phi) is 5.53. The van der Waals surface area contributed by atoms with Crippen molar-refractivity contribution in [2.24, 2.45) is 0 Å². The molecule has 29 heavy (non-hydrogen) atoms. The number of carbonyl (C=O) groups excluding carboxylic acids is 1. The minimum atomic E-state index is -0.339. The number of rotatable bonds is 7. The number of amides is 1. The van der Waals surface area contributed by atoms with E-state index in [0.29, 0.717) is 12.4 Å². The number of carbonyl (C=O) groups is 1. The van der Waals surface area contributed by atoms with Crippen molar-refractivity contribution in [1.82, 2.24) is 4.98 Å². The van der Waals surface area contributed by atoms with Gasteiger partial charge in [0.25, 0.3) is 5.91 Å². The molecule has 0 aliphatic rings. The van der Waals surface area contributed by atoms with Gasteiger partial charge >= 0.3 is 0 Å². The molecule has 0 spiro atoms. The standard InChI is InChI=1S/C23H19N3O3/c27-23(21-7-4-14-28-21)26-22-13-10-19(15-24-22)25-18-8-11-20(12-9-18)29-16-17-5-2-1-3-6-17/h1-15,25H,16H2,(H,24,26,27). The van der Waals surface area contributed by atoms with Crippen LogP contribution in [0.1, 0.15) is 16.1 Å². The predicted molar refractivity (Wildman–Crippen MR) is 111 cm³/mol. The summed E-state index contributed by atoms with van der Waals surface area (Å²) in [5.74, 6) is 1.15. The van der Waals surface area contributed by atoms with Gasteiger partial charge < -0.3 is 19.8 Å². The maximum absolute atomic E-state index is 12.0. The van der Waals surface area contributed by atoms with Crippen LogP contribution in [-0.4, -0.2) is 10.9 Å². The number of hydrogen-bond acceptors (Lipinski definition) is 5. The van der Waals surface area contributed by atoms with Crippen molar-refractivity contribution in [3.63, 3.8) is 0 Å². The van der Waals surface area contributed by atoms with E-state index in [1.54, 1.807) is 24.4 Å². The zero-order valence-electron chi connectivity index (χ0n) is 15.5. The SMILES string of the molecule is O=C(Nc1ccc(Nc2ccc(OCc3ccccc3)cc2)cn1)c1ccco1. The van der Waals surface area contributed by atoms with Gasteiger partial charge in [-0.15, -0.1) is 0 Å². The monoisotopic (exact) mass is 385 g/mol. The zero-order valence-corrected chi connectivity index (χ0v) is 15.5. The summed E-state index contributed by atoms with van der Waals surface area (Å²) in [4.78, 5) is 16.2. The average Bonchev–Trinajstić information content (AvgIpc) is 3.31. The lowest BCUT2D eigenvalue weighted by atomic mass is 10.2. The molecule has 1 amide bonds. The smallest absolute Gasteiger partial charge is 0.292 e. The molecule has 2 N–H and O–H groups in total. The Labute approximate surface area is 168 Å². The molecule has 2 aromatic carbocycles. The van der Waals surface area contributed by atoms with Crippen LogP contribution in [0.3, 0.4) is 0 Å². The Morgan fingerprint density at radius 2 is 1.69 bits per heavy atom. The first-order valence-electron chi connectivity index (χ1n) is 9.11. The molecule has 0 bridgehead atoms. The van der Waals surface area contributed by atoms with Crippen LogP contribution in [-0.2, 0) is 6.61 Å². The largest absolute Gasteiger partial charge is 0.489 e. The van der Waals surface area contributed by atoms with Gasteiger partial charge in [-0.25, -0.2) is 4.98 Å². The third-order valence-electron chi connectivity index (χ3n) is 4.14. The van der Waals surface area contributed by atoms with Gasteiger partial charge in [-0.2, -0.15) is 0 Å². The number of furan rings is 1. The molecular formula is C23H19N3O3. The molecule has 0 atom stereocenters. The van der Waals surface area contributed by atoms with E-state index in [9.17, 15) is 4.79 Å². The highest BCUT2D eigenvalue weighted by Crippen LogP contribution is 2.21. The second kappa shape index (κ2) is 8.75. The molecule has 6 nitrogen and oxygen atoms in total. The zero-order chi connectivity index (χ0) is 19.9. The third-order valence-corrected chi connectivity index (χ3v) is 4.14. The number of aromatic nitrogens is 1. The highest BCUT2D eigenvalue weighted by atomic mass is 16.5. The van der Waals surface area contributed by atoms with Crippen molar-refractivity contribution in [2.75, 3.05) is 10.6 Å². The minimum absolute atomic E-state index is 0.239. The van der Waals surface area contributed by atoms with Crippen LogP contribution in [0.2, 0.25) is 0 Å². The van der Waals surface area contributed by atoms with E-state index in [-0.39, 0.29) is 11.7 Å². The quantitative estimate of drug-likeness (QED) is 0.454. The van der Waals surface area contributed by atoms with Crippen LogP contribution in [0.5, 0.6) is 5.75 Å². The van der Waals surface area contributed by atoms with E-state index in [4.69, 9.17) is 9.15 Å². The molecule has 0 unspecified atom stereocenters. The molecule has 6 heteroatoms. The van der Waals surface area contributed by atoms with E-state index in [1.165, 1.54) is 6.26 Å². The summed E-state index contributed by atoms with van der Waals surface area (Å²) in [6.45, 7) is 0.530. The maximum Gasteiger partial charge on any atom is 0.292 e. The van der Waals surface area contributed by atoms with E-state index in [0.717, 1.165) is 22.7 Å². The fourth-order valence-electron chi connectivity index (χ4n) is 2.67. The van der Waals surface area contributed by atoms with Crippen LogP contribution in [0.15, 0.2) is 95.7 Å². The van der Waals surface area contributed by atoms with Crippen molar-refractivity contribution in [3.05, 3.63) is 103 Å². The highest BCUT2D eigenvalue weighted by molar-refractivity contribution is 6.01. The van der Waals surface area contributed by atoms with Crippen LogP contribution in [0, 0.1) is 0 Å². The number of anilines is 3. The second-order valence-corrected chi connectivity index (χ2v) is 6.29. The summed E-state index contributed by atoms with van der Waals surface area (Å²) in [6.07, 6.45) is 3.10. The van der Waals surface area contributed by atoms with Gasteiger partial charge in [-0.05, 0) is 54.1 Å². The topological polar surface area (TPSA) is 76.4 Å². The van der Waals surface area contributed by atoms with Gasteiger partial charge in [0, 0.05) is 5.69 Å². The first kappa shape index (κ1) is 18.3. The molecule has 0 aliphatic heterocycles. The van der Waals surface area contributed by atoms with Crippen LogP contribution in [0.25, 0.3) is 0 Å². The molecule has 4 aromatic rings. The fourth-order valence-corrected chi connectivity index (χ4v) is 2.67. The molecule has 4 rings (SSSR count). The van der Waals surface area contributed by atoms with Crippen LogP contribution >= 0.6 is 0 Å². The van der Waals surface area contributed by atoms with Gasteiger partial charge in [0.1, 0.15) is 18.2 Å². The fraction of sp³-hybridized carbons (Fsp3) is 0.0435. The summed E-state index contributed by atoms with van der Waals surface area (Å²) in [5.41, 5.74) is 2.84. The second-order valence-electron chi connectivity index (χ2n) is 6.29. The molecule has 0 saturated heterocycles. The minimum Gasteiger partial charge on any atom is -0.489 e. The molecule has 2 heterocycles. The number of hydrogen-bond donors (Lipinski definition) is 2. The van der Waals surface area contributed by atoms with Gasteiger partial charge in [-0.1, -0.05) is 30.3 Å². The predicted octanol–water partition coefficient (Wildman–Crippen LogP) is 5.25. The molecule has 0 fully saturated rings. The Balaban J connectivity index is 1.31. The van der Waals surface area contributed by atoms with E-state index < -0.39 is 0 Å². The summed E-state index contributed by atoms with van der Waals surface area (Å²) in [6, 6.07) is 24.6. The number of nitrogens with one attached hydrogen (secondary N) is 2. The number of benzene rings is 2. The van der Waals surface area contributed by atoms with E-state index in [2.05, 4.69) is 15.6 Å². The highest BCUT2D eigenvalue weighted by Gasteiger charge is 2.09. The van der Waals surface area contributed by atoms with E-state index >= 15 is 0 Å². The Morgan fingerprint density at radius 3 is 2.38 bits per heavy atom. The normalized spacial score (nSPS) is 10.3. The Morgan fingerprint density at radius 1 is 0.897 bits per heavy atom. The first-order chi connectivity index (χ1) is 14.3. The number of ether oxygens (including phenoxy) is 1. The van der Waals surface area contributed by atoms with Gasteiger partial charge in [0.05, 0.1) is 18.1 Å². The third kappa shape index (κ3) is 5.01. The first-order valence-corrected chi connectivity index (χ1v) is 9.11. The summed E-state index contributed by atoms with van der Waals surface area (Å²) in [5, 5.41) is 5.95. The lowest BCUT2D eigenvalue weighted by molar-refractivity contribution is 0.0996. The summed E-state index contributed by atoms with van der Waals surface area (Å²) in [7, 11) is 0. The van der Waals surface area contributed by atoms with Gasteiger partial charge in [0.2, 0.25) is 0 Å². The molecular weight excluding hydrogens is 366 g/mol.